The van der Waals surface area contributed by atoms with Crippen molar-refractivity contribution < 1.29 is 4.79 Å². The number of rotatable bonds is 5. The van der Waals surface area contributed by atoms with E-state index in [4.69, 9.17) is 17.2 Å². The van der Waals surface area contributed by atoms with Gasteiger partial charge in [0.15, 0.2) is 0 Å². The fraction of sp³-hybridized carbons (Fsp3) is 0.455. The molecule has 2 aromatic rings. The molecule has 0 radical (unpaired) electrons. The third kappa shape index (κ3) is 4.53. The minimum absolute atomic E-state index is 0.127. The molecule has 0 spiro atoms. The van der Waals surface area contributed by atoms with Gasteiger partial charge < -0.3 is 9.80 Å². The van der Waals surface area contributed by atoms with Crippen LogP contribution in [0.15, 0.2) is 34.1 Å². The van der Waals surface area contributed by atoms with Crippen molar-refractivity contribution in [3.63, 3.8) is 0 Å². The number of carbonyl (C=O) groups is 1. The Bertz CT molecular complexity index is 1100. The second-order valence-corrected chi connectivity index (χ2v) is 10.1. The molecule has 2 saturated heterocycles. The number of anilines is 1. The van der Waals surface area contributed by atoms with Crippen LogP contribution in [-0.4, -0.2) is 69.2 Å². The number of hydrogen-bond donors (Lipinski definition) is 0. The fourth-order valence-electron chi connectivity index (χ4n) is 3.69. The average molecular weight is 458 g/mol. The molecule has 4 heterocycles. The molecular formula is C22H27N5O2S2. The van der Waals surface area contributed by atoms with Crippen molar-refractivity contribution in [2.24, 2.45) is 5.92 Å². The summed E-state index contributed by atoms with van der Waals surface area (Å²) in [5.41, 5.74) is 0.868. The Morgan fingerprint density at radius 1 is 1.19 bits per heavy atom. The molecule has 9 heteroatoms. The van der Waals surface area contributed by atoms with Gasteiger partial charge in [0.05, 0.1) is 10.5 Å². The first-order valence-electron chi connectivity index (χ1n) is 10.6. The molecule has 2 aliphatic rings. The number of piperazine rings is 1. The predicted octanol–water partition coefficient (Wildman–Crippen LogP) is 2.69. The van der Waals surface area contributed by atoms with E-state index in [9.17, 15) is 9.59 Å². The van der Waals surface area contributed by atoms with Crippen LogP contribution in [0.3, 0.4) is 0 Å². The van der Waals surface area contributed by atoms with Gasteiger partial charge in [-0.1, -0.05) is 43.9 Å². The van der Waals surface area contributed by atoms with E-state index in [1.807, 2.05) is 12.1 Å². The van der Waals surface area contributed by atoms with E-state index in [-0.39, 0.29) is 11.5 Å². The number of pyridine rings is 1. The zero-order chi connectivity index (χ0) is 22.1. The average Bonchev–Trinajstić information content (AvgIpc) is 3.01. The monoisotopic (exact) mass is 457 g/mol. The summed E-state index contributed by atoms with van der Waals surface area (Å²) in [6.45, 7) is 8.19. The molecule has 7 nitrogen and oxygen atoms in total. The highest BCUT2D eigenvalue weighted by atomic mass is 32.2. The van der Waals surface area contributed by atoms with Crippen LogP contribution in [0.25, 0.3) is 11.7 Å². The topological polar surface area (TPSA) is 61.2 Å². The lowest BCUT2D eigenvalue weighted by molar-refractivity contribution is -0.122. The first kappa shape index (κ1) is 22.0. The van der Waals surface area contributed by atoms with Gasteiger partial charge in [-0.3, -0.25) is 18.9 Å². The van der Waals surface area contributed by atoms with Gasteiger partial charge in [0, 0.05) is 38.9 Å². The highest BCUT2D eigenvalue weighted by Crippen LogP contribution is 2.34. The fourth-order valence-corrected chi connectivity index (χ4v) is 4.98. The normalized spacial score (nSPS) is 19.4. The second kappa shape index (κ2) is 9.10. The summed E-state index contributed by atoms with van der Waals surface area (Å²) in [5, 5.41) is 0. The maximum atomic E-state index is 13.4. The van der Waals surface area contributed by atoms with Crippen molar-refractivity contribution in [3.8, 4) is 0 Å². The Balaban J connectivity index is 1.76. The molecule has 2 aliphatic heterocycles. The Kier molecular flexibility index (Phi) is 6.45. The molecule has 4 rings (SSSR count). The van der Waals surface area contributed by atoms with E-state index >= 15 is 0 Å². The maximum Gasteiger partial charge on any atom is 0.267 e. The number of thiocarbonyl (C=S) groups is 1. The Hall–Kier alpha value is -2.23. The third-order valence-electron chi connectivity index (χ3n) is 5.63. The van der Waals surface area contributed by atoms with Crippen molar-refractivity contribution >= 4 is 51.7 Å². The Labute approximate surface area is 191 Å². The van der Waals surface area contributed by atoms with Crippen molar-refractivity contribution in [3.05, 3.63) is 45.2 Å². The first-order valence-corrected chi connectivity index (χ1v) is 11.8. The van der Waals surface area contributed by atoms with Crippen LogP contribution < -0.4 is 10.5 Å². The second-order valence-electron chi connectivity index (χ2n) is 8.39. The maximum absolute atomic E-state index is 13.4. The molecular weight excluding hydrogens is 430 g/mol. The number of fused-ring (bicyclic) bond motifs is 1. The van der Waals surface area contributed by atoms with Gasteiger partial charge in [0.2, 0.25) is 0 Å². The van der Waals surface area contributed by atoms with Gasteiger partial charge >= 0.3 is 0 Å². The summed E-state index contributed by atoms with van der Waals surface area (Å²) >= 11 is 6.72. The summed E-state index contributed by atoms with van der Waals surface area (Å²) in [7, 11) is 2.09. The van der Waals surface area contributed by atoms with Gasteiger partial charge in [-0.2, -0.15) is 0 Å². The largest absolute Gasteiger partial charge is 0.353 e. The van der Waals surface area contributed by atoms with Gasteiger partial charge in [-0.05, 0) is 37.6 Å². The lowest BCUT2D eigenvalue weighted by atomic mass is 10.1. The van der Waals surface area contributed by atoms with E-state index < -0.39 is 0 Å². The Morgan fingerprint density at radius 2 is 1.94 bits per heavy atom. The molecule has 0 N–H and O–H groups in total. The summed E-state index contributed by atoms with van der Waals surface area (Å²) in [6.07, 6.45) is 4.28. The third-order valence-corrected chi connectivity index (χ3v) is 7.01. The lowest BCUT2D eigenvalue weighted by Crippen LogP contribution is -2.45. The lowest BCUT2D eigenvalue weighted by Gasteiger charge is -2.34. The minimum atomic E-state index is -0.174. The zero-order valence-electron chi connectivity index (χ0n) is 18.1. The molecule has 0 unspecified atom stereocenters. The minimum Gasteiger partial charge on any atom is -0.353 e. The van der Waals surface area contributed by atoms with Crippen LogP contribution in [0.5, 0.6) is 0 Å². The van der Waals surface area contributed by atoms with E-state index in [2.05, 4.69) is 30.7 Å². The summed E-state index contributed by atoms with van der Waals surface area (Å²) in [6, 6.07) is 5.51. The summed E-state index contributed by atoms with van der Waals surface area (Å²) in [5.74, 6) is 0.987. The van der Waals surface area contributed by atoms with Crippen molar-refractivity contribution in [1.82, 2.24) is 19.2 Å². The highest BCUT2D eigenvalue weighted by molar-refractivity contribution is 8.26. The van der Waals surface area contributed by atoms with E-state index in [0.717, 1.165) is 32.6 Å². The molecule has 2 fully saturated rings. The van der Waals surface area contributed by atoms with Crippen molar-refractivity contribution in [2.45, 2.75) is 20.3 Å². The number of likely N-dealkylation sites (N-methyl/N-ethyl adjacent to an activating group) is 1. The SMILES string of the molecule is CC(C)CCN1C(=O)/C(=C\c2c(N3CCN(C)CC3)nc3ccccn3c2=O)SC1=S. The van der Waals surface area contributed by atoms with Crippen LogP contribution >= 0.6 is 24.0 Å². The highest BCUT2D eigenvalue weighted by Gasteiger charge is 2.33. The van der Waals surface area contributed by atoms with Crippen molar-refractivity contribution in [2.75, 3.05) is 44.7 Å². The van der Waals surface area contributed by atoms with Gasteiger partial charge in [0.25, 0.3) is 11.5 Å². The first-order chi connectivity index (χ1) is 14.8. The predicted molar refractivity (Wildman–Crippen MR) is 131 cm³/mol. The van der Waals surface area contributed by atoms with Crippen LogP contribution in [0.1, 0.15) is 25.8 Å². The van der Waals surface area contributed by atoms with Gasteiger partial charge in [-0.15, -0.1) is 0 Å². The van der Waals surface area contributed by atoms with E-state index in [1.165, 1.54) is 16.2 Å². The number of nitrogens with zero attached hydrogens (tertiary/aromatic N) is 5. The zero-order valence-corrected chi connectivity index (χ0v) is 19.7. The van der Waals surface area contributed by atoms with Crippen LogP contribution in [0.4, 0.5) is 5.82 Å². The molecule has 1 amide bonds. The van der Waals surface area contributed by atoms with Gasteiger partial charge in [0.1, 0.15) is 15.8 Å². The van der Waals surface area contributed by atoms with Crippen molar-refractivity contribution in [1.29, 1.82) is 0 Å². The van der Waals surface area contributed by atoms with Crippen LogP contribution in [0.2, 0.25) is 0 Å². The summed E-state index contributed by atoms with van der Waals surface area (Å²) in [4.78, 5) is 37.8. The molecule has 0 bridgehead atoms. The number of amides is 1. The molecule has 2 aromatic heterocycles. The molecule has 0 aromatic carbocycles. The molecule has 0 saturated carbocycles. The smallest absolute Gasteiger partial charge is 0.267 e. The molecule has 0 aliphatic carbocycles. The number of aromatic nitrogens is 2. The number of hydrogen-bond acceptors (Lipinski definition) is 7. The molecule has 31 heavy (non-hydrogen) atoms. The van der Waals surface area contributed by atoms with E-state index in [1.54, 1.807) is 23.2 Å². The standard InChI is InChI=1S/C22H27N5O2S2/c1-15(2)7-9-27-21(29)17(31-22(27)30)14-16-19(25-12-10-24(3)11-13-25)23-18-6-4-5-8-26(18)20(16)28/h4-6,8,14-15H,7,9-13H2,1-3H3/b17-14+. The number of thioether (sulfide) groups is 1. The van der Waals surface area contributed by atoms with Gasteiger partial charge in [-0.25, -0.2) is 4.98 Å². The quantitative estimate of drug-likeness (QED) is 0.505. The number of carbonyl (C=O) groups excluding carboxylic acids is 1. The Morgan fingerprint density at radius 3 is 2.65 bits per heavy atom. The van der Waals surface area contributed by atoms with Crippen LogP contribution in [-0.2, 0) is 4.79 Å². The molecule has 164 valence electrons. The van der Waals surface area contributed by atoms with E-state index in [0.29, 0.717) is 38.7 Å². The molecule has 0 atom stereocenters. The van der Waals surface area contributed by atoms with Crippen LogP contribution in [0, 0.1) is 5.92 Å². The summed E-state index contributed by atoms with van der Waals surface area (Å²) < 4.78 is 2.08.